The highest BCUT2D eigenvalue weighted by Gasteiger charge is 2.27. The van der Waals surface area contributed by atoms with E-state index in [4.69, 9.17) is 14.3 Å². The highest BCUT2D eigenvalue weighted by atomic mass is 16.6. The Labute approximate surface area is 155 Å². The number of nitrogens with zero attached hydrogens (tertiary/aromatic N) is 1. The van der Waals surface area contributed by atoms with Crippen molar-refractivity contribution in [3.8, 4) is 11.5 Å². The Balaban J connectivity index is 1.59. The van der Waals surface area contributed by atoms with Crippen LogP contribution in [0.1, 0.15) is 28.7 Å². The number of oxime groups is 1. The summed E-state index contributed by atoms with van der Waals surface area (Å²) in [6.45, 7) is 6.07. The number of methoxy groups -OCH3 is 2. The zero-order valence-corrected chi connectivity index (χ0v) is 15.9. The van der Waals surface area contributed by atoms with E-state index in [1.165, 1.54) is 16.7 Å². The average Bonchev–Trinajstić information content (AvgIpc) is 3.08. The number of nitrogens with two attached hydrogens (primary N) is 1. The van der Waals surface area contributed by atoms with Crippen LogP contribution in [-0.2, 0) is 11.4 Å². The second-order valence-corrected chi connectivity index (χ2v) is 6.73. The molecule has 3 rings (SSSR count). The monoisotopic (exact) mass is 355 g/mol. The van der Waals surface area contributed by atoms with E-state index in [1.54, 1.807) is 14.2 Å². The van der Waals surface area contributed by atoms with Gasteiger partial charge in [-0.3, -0.25) is 0 Å². The normalized spacial score (nSPS) is 16.2. The number of benzene rings is 2. The summed E-state index contributed by atoms with van der Waals surface area (Å²) in [5.74, 6) is 1.51. The Morgan fingerprint density at radius 3 is 2.35 bits per heavy atom. The zero-order valence-electron chi connectivity index (χ0n) is 15.9. The van der Waals surface area contributed by atoms with E-state index in [0.717, 1.165) is 42.3 Å². The number of aryl methyl sites for hydroxylation is 2. The maximum atomic E-state index is 5.65. The smallest absolute Gasteiger partial charge is 0.181 e. The fraction of sp³-hybridized carbons (Fsp3) is 0.381. The van der Waals surface area contributed by atoms with Crippen molar-refractivity contribution < 1.29 is 19.6 Å². The molecule has 0 fully saturated rings. The van der Waals surface area contributed by atoms with Crippen LogP contribution >= 0.6 is 0 Å². The maximum Gasteiger partial charge on any atom is 0.181 e. The molecule has 0 amide bonds. The van der Waals surface area contributed by atoms with E-state index < -0.39 is 0 Å². The standard InChI is InChI=1S/C21H26N2O3/c1-14-8-15(2)10-16(9-14)12-22-13-17-11-18(23-26-17)21-19(24-3)6-5-7-20(21)25-4/h5-10,17,22H,11-13H2,1-4H3/p+1/t17-/m1/s1. The molecule has 0 aromatic heterocycles. The van der Waals surface area contributed by atoms with Crippen LogP contribution in [0.4, 0.5) is 0 Å². The quantitative estimate of drug-likeness (QED) is 0.830. The molecular weight excluding hydrogens is 328 g/mol. The molecule has 0 unspecified atom stereocenters. The second kappa shape index (κ2) is 8.23. The Morgan fingerprint density at radius 1 is 1.08 bits per heavy atom. The number of rotatable bonds is 7. The summed E-state index contributed by atoms with van der Waals surface area (Å²) in [5, 5.41) is 6.57. The summed E-state index contributed by atoms with van der Waals surface area (Å²) in [5.41, 5.74) is 5.71. The van der Waals surface area contributed by atoms with Gasteiger partial charge in [0.05, 0.1) is 25.5 Å². The topological polar surface area (TPSA) is 56.7 Å². The van der Waals surface area contributed by atoms with Crippen LogP contribution in [0.5, 0.6) is 11.5 Å². The SMILES string of the molecule is COc1cccc(OC)c1C1=NO[C@@H](C[NH2+]Cc2cc(C)cc(C)c2)C1. The molecule has 5 nitrogen and oxygen atoms in total. The van der Waals surface area contributed by atoms with Crippen LogP contribution in [0.15, 0.2) is 41.6 Å². The Kier molecular flexibility index (Phi) is 5.78. The minimum atomic E-state index is 0.0607. The highest BCUT2D eigenvalue weighted by molar-refractivity contribution is 6.05. The average molecular weight is 355 g/mol. The lowest BCUT2D eigenvalue weighted by molar-refractivity contribution is -0.676. The van der Waals surface area contributed by atoms with E-state index in [0.29, 0.717) is 0 Å². The lowest BCUT2D eigenvalue weighted by Gasteiger charge is -2.12. The molecule has 0 spiro atoms. The van der Waals surface area contributed by atoms with Crippen molar-refractivity contribution in [2.75, 3.05) is 20.8 Å². The van der Waals surface area contributed by atoms with Crippen molar-refractivity contribution in [1.29, 1.82) is 0 Å². The first-order valence-corrected chi connectivity index (χ1v) is 8.93. The maximum absolute atomic E-state index is 5.65. The van der Waals surface area contributed by atoms with Crippen molar-refractivity contribution in [2.45, 2.75) is 32.9 Å². The van der Waals surface area contributed by atoms with E-state index >= 15 is 0 Å². The van der Waals surface area contributed by atoms with Gasteiger partial charge in [-0.1, -0.05) is 40.5 Å². The van der Waals surface area contributed by atoms with Gasteiger partial charge in [-0.25, -0.2) is 0 Å². The van der Waals surface area contributed by atoms with Crippen molar-refractivity contribution in [3.05, 3.63) is 58.7 Å². The Hall–Kier alpha value is -2.53. The van der Waals surface area contributed by atoms with Crippen LogP contribution in [0.3, 0.4) is 0 Å². The Morgan fingerprint density at radius 2 is 1.73 bits per heavy atom. The summed E-state index contributed by atoms with van der Waals surface area (Å²) in [4.78, 5) is 5.65. The molecule has 5 heteroatoms. The van der Waals surface area contributed by atoms with Gasteiger partial charge in [0, 0.05) is 12.0 Å². The third-order valence-corrected chi connectivity index (χ3v) is 4.54. The molecule has 0 saturated heterocycles. The molecular formula is C21H27N2O3+. The fourth-order valence-corrected chi connectivity index (χ4v) is 3.46. The minimum Gasteiger partial charge on any atom is -0.496 e. The first kappa shape index (κ1) is 18.3. The molecule has 0 aliphatic carbocycles. The zero-order chi connectivity index (χ0) is 18.5. The van der Waals surface area contributed by atoms with Gasteiger partial charge in [-0.2, -0.15) is 0 Å². The number of ether oxygens (including phenoxy) is 2. The molecule has 1 heterocycles. The van der Waals surface area contributed by atoms with Crippen molar-refractivity contribution >= 4 is 5.71 Å². The van der Waals surface area contributed by atoms with Crippen LogP contribution < -0.4 is 14.8 Å². The molecule has 2 aromatic carbocycles. The van der Waals surface area contributed by atoms with Crippen LogP contribution in [-0.4, -0.2) is 32.6 Å². The molecule has 1 atom stereocenters. The van der Waals surface area contributed by atoms with E-state index in [1.807, 2.05) is 18.2 Å². The second-order valence-electron chi connectivity index (χ2n) is 6.73. The molecule has 138 valence electrons. The minimum absolute atomic E-state index is 0.0607. The van der Waals surface area contributed by atoms with E-state index in [9.17, 15) is 0 Å². The highest BCUT2D eigenvalue weighted by Crippen LogP contribution is 2.32. The number of hydrogen-bond acceptors (Lipinski definition) is 4. The van der Waals surface area contributed by atoms with E-state index in [-0.39, 0.29) is 6.10 Å². The van der Waals surface area contributed by atoms with Crippen molar-refractivity contribution in [1.82, 2.24) is 0 Å². The van der Waals surface area contributed by atoms with Gasteiger partial charge in [-0.05, 0) is 26.0 Å². The lowest BCUT2D eigenvalue weighted by atomic mass is 10.0. The molecule has 2 aromatic rings. The summed E-state index contributed by atoms with van der Waals surface area (Å²) in [7, 11) is 3.31. The van der Waals surface area contributed by atoms with Gasteiger partial charge >= 0.3 is 0 Å². The lowest BCUT2D eigenvalue weighted by Crippen LogP contribution is -2.84. The summed E-state index contributed by atoms with van der Waals surface area (Å²) in [6, 6.07) is 12.4. The van der Waals surface area contributed by atoms with Gasteiger partial charge in [0.25, 0.3) is 0 Å². The van der Waals surface area contributed by atoms with Gasteiger partial charge in [0.15, 0.2) is 6.10 Å². The first-order chi connectivity index (χ1) is 12.6. The molecule has 2 N–H and O–H groups in total. The Bertz CT molecular complexity index is 759. The number of quaternary nitrogens is 1. The van der Waals surface area contributed by atoms with Crippen molar-refractivity contribution in [2.24, 2.45) is 5.16 Å². The molecule has 0 saturated carbocycles. The van der Waals surface area contributed by atoms with Gasteiger partial charge in [0.2, 0.25) is 0 Å². The van der Waals surface area contributed by atoms with Crippen LogP contribution in [0.2, 0.25) is 0 Å². The fourth-order valence-electron chi connectivity index (χ4n) is 3.46. The van der Waals surface area contributed by atoms with Gasteiger partial charge in [-0.15, -0.1) is 0 Å². The number of hydrogen-bond donors (Lipinski definition) is 1. The molecule has 0 bridgehead atoms. The molecule has 0 radical (unpaired) electrons. The van der Waals surface area contributed by atoms with Gasteiger partial charge < -0.3 is 19.6 Å². The third-order valence-electron chi connectivity index (χ3n) is 4.54. The summed E-state index contributed by atoms with van der Waals surface area (Å²) in [6.07, 6.45) is 0.811. The molecule has 26 heavy (non-hydrogen) atoms. The molecule has 1 aliphatic heterocycles. The van der Waals surface area contributed by atoms with Crippen LogP contribution in [0.25, 0.3) is 0 Å². The first-order valence-electron chi connectivity index (χ1n) is 8.93. The summed E-state index contributed by atoms with van der Waals surface area (Å²) >= 11 is 0. The van der Waals surface area contributed by atoms with E-state index in [2.05, 4.69) is 42.5 Å². The third kappa shape index (κ3) is 4.17. The predicted octanol–water partition coefficient (Wildman–Crippen LogP) is 2.58. The van der Waals surface area contributed by atoms with Gasteiger partial charge in [0.1, 0.15) is 24.6 Å². The van der Waals surface area contributed by atoms with Crippen molar-refractivity contribution in [3.63, 3.8) is 0 Å². The largest absolute Gasteiger partial charge is 0.496 e. The van der Waals surface area contributed by atoms with Crippen LogP contribution in [0, 0.1) is 13.8 Å². The summed E-state index contributed by atoms with van der Waals surface area (Å²) < 4.78 is 10.9. The predicted molar refractivity (Wildman–Crippen MR) is 102 cm³/mol. The molecule has 1 aliphatic rings.